The first-order chi connectivity index (χ1) is 14.7. The van der Waals surface area contributed by atoms with Crippen molar-refractivity contribution in [2.24, 2.45) is 0 Å². The molecule has 0 unspecified atom stereocenters. The molecular formula is C23H40O6S2. The van der Waals surface area contributed by atoms with E-state index in [1.54, 1.807) is 36.8 Å². The van der Waals surface area contributed by atoms with Crippen molar-refractivity contribution in [3.05, 3.63) is 24.3 Å². The van der Waals surface area contributed by atoms with Crippen LogP contribution in [0.25, 0.3) is 0 Å². The smallest absolute Gasteiger partial charge is 0.409 e. The van der Waals surface area contributed by atoms with Crippen molar-refractivity contribution in [1.82, 2.24) is 0 Å². The molecule has 0 radical (unpaired) electrons. The molecule has 1 aromatic rings. The number of hydrogen-bond acceptors (Lipinski definition) is 6. The Balaban J connectivity index is 2.24. The third-order valence-corrected chi connectivity index (χ3v) is 8.91. The molecule has 0 heterocycles. The summed E-state index contributed by atoms with van der Waals surface area (Å²) in [5, 5.41) is 0. The highest BCUT2D eigenvalue weighted by atomic mass is 32.3. The van der Waals surface area contributed by atoms with Gasteiger partial charge in [0.25, 0.3) is 0 Å². The summed E-state index contributed by atoms with van der Waals surface area (Å²) in [7, 11) is -5.03. The lowest BCUT2D eigenvalue weighted by atomic mass is 10.1. The van der Waals surface area contributed by atoms with Gasteiger partial charge in [0, 0.05) is 11.3 Å². The Bertz CT molecular complexity index is 729. The number of hydrogen-bond donors (Lipinski definition) is 0. The minimum atomic E-state index is -4.03. The summed E-state index contributed by atoms with van der Waals surface area (Å²) in [6.07, 6.45) is 17.4. The molecule has 6 nitrogen and oxygen atoms in total. The van der Waals surface area contributed by atoms with Crippen LogP contribution >= 0.6 is 10.3 Å². The van der Waals surface area contributed by atoms with Gasteiger partial charge in [0.2, 0.25) is 0 Å². The normalized spacial score (nSPS) is 12.6. The largest absolute Gasteiger partial charge is 0.427 e. The van der Waals surface area contributed by atoms with Crippen molar-refractivity contribution in [2.45, 2.75) is 88.9 Å². The minimum Gasteiger partial charge on any atom is -0.427 e. The van der Waals surface area contributed by atoms with Gasteiger partial charge in [-0.2, -0.15) is 12.0 Å². The minimum absolute atomic E-state index is 0.242. The van der Waals surface area contributed by atoms with E-state index in [9.17, 15) is 13.2 Å². The molecule has 0 N–H and O–H groups in total. The van der Waals surface area contributed by atoms with Crippen LogP contribution in [0.2, 0.25) is 0 Å². The Morgan fingerprint density at radius 1 is 0.806 bits per heavy atom. The Morgan fingerprint density at radius 3 is 1.77 bits per heavy atom. The second-order valence-corrected chi connectivity index (χ2v) is 12.7. The van der Waals surface area contributed by atoms with Gasteiger partial charge in [0.1, 0.15) is 5.75 Å². The molecule has 1 rings (SSSR count). The van der Waals surface area contributed by atoms with E-state index in [2.05, 4.69) is 11.1 Å². The molecule has 0 saturated heterocycles. The molecule has 0 aromatic heterocycles. The lowest BCUT2D eigenvalue weighted by Crippen LogP contribution is -2.12. The van der Waals surface area contributed by atoms with Gasteiger partial charge in [-0.15, -0.1) is 0 Å². The summed E-state index contributed by atoms with van der Waals surface area (Å²) in [4.78, 5) is 12.8. The predicted molar refractivity (Wildman–Crippen MR) is 128 cm³/mol. The first-order valence-electron chi connectivity index (χ1n) is 11.3. The zero-order valence-electron chi connectivity index (χ0n) is 19.6. The zero-order valence-corrected chi connectivity index (χ0v) is 21.2. The lowest BCUT2D eigenvalue weighted by Gasteiger charge is -2.29. The van der Waals surface area contributed by atoms with Crippen LogP contribution < -0.4 is 4.74 Å². The number of unbranched alkanes of at least 4 members (excludes halogenated alkanes) is 10. The Hall–Kier alpha value is -1.09. The van der Waals surface area contributed by atoms with Gasteiger partial charge in [-0.3, -0.25) is 8.98 Å². The second-order valence-electron chi connectivity index (χ2n) is 8.11. The molecule has 31 heavy (non-hydrogen) atoms. The molecule has 180 valence electrons. The molecule has 0 fully saturated rings. The van der Waals surface area contributed by atoms with Crippen molar-refractivity contribution < 1.29 is 25.8 Å². The van der Waals surface area contributed by atoms with Crippen LogP contribution in [0.3, 0.4) is 0 Å². The summed E-state index contributed by atoms with van der Waals surface area (Å²) < 4.78 is 38.0. The predicted octanol–water partition coefficient (Wildman–Crippen LogP) is 6.54. The number of rotatable bonds is 17. The summed E-state index contributed by atoms with van der Waals surface area (Å²) in [6, 6.07) is 6.74. The maximum absolute atomic E-state index is 12.0. The number of carbonyl (C=O) groups is 1. The summed E-state index contributed by atoms with van der Waals surface area (Å²) in [5.41, 5.74) is 0. The van der Waals surface area contributed by atoms with Crippen LogP contribution in [-0.4, -0.2) is 34.0 Å². The van der Waals surface area contributed by atoms with Crippen LogP contribution in [-0.2, 0) is 23.0 Å². The highest BCUT2D eigenvalue weighted by molar-refractivity contribution is 8.31. The van der Waals surface area contributed by atoms with E-state index in [1.165, 1.54) is 57.8 Å². The van der Waals surface area contributed by atoms with Gasteiger partial charge in [-0.25, -0.2) is 0 Å². The first kappa shape index (κ1) is 27.9. The van der Waals surface area contributed by atoms with Crippen LogP contribution in [0, 0.1) is 0 Å². The third-order valence-electron chi connectivity index (χ3n) is 5.07. The van der Waals surface area contributed by atoms with Crippen molar-refractivity contribution in [3.8, 4) is 5.75 Å². The van der Waals surface area contributed by atoms with Crippen molar-refractivity contribution in [1.29, 1.82) is 0 Å². The first-order valence-corrected chi connectivity index (χ1v) is 15.0. The van der Waals surface area contributed by atoms with Gasteiger partial charge < -0.3 is 4.74 Å². The molecule has 0 amide bonds. The standard InChI is InChI=1S/C23H40O6S2/c1-5-6-7-8-9-10-11-12-13-14-15-16-23(24)28-21-17-19-22(20-18-21)30(3,4)29-31(25,26)27-2/h17-20H,5-16H2,1-4H3. The van der Waals surface area contributed by atoms with Crippen LogP contribution in [0.1, 0.15) is 84.0 Å². The van der Waals surface area contributed by atoms with E-state index < -0.39 is 20.7 Å². The fourth-order valence-electron chi connectivity index (χ4n) is 3.23. The maximum Gasteiger partial charge on any atom is 0.409 e. The maximum atomic E-state index is 12.0. The summed E-state index contributed by atoms with van der Waals surface area (Å²) in [5.74, 6) is 0.204. The second kappa shape index (κ2) is 14.9. The molecule has 0 atom stereocenters. The number of benzene rings is 1. The third kappa shape index (κ3) is 12.5. The quantitative estimate of drug-likeness (QED) is 0.144. The average Bonchev–Trinajstić information content (AvgIpc) is 2.71. The van der Waals surface area contributed by atoms with E-state index >= 15 is 0 Å². The SMILES string of the molecule is CCCCCCCCCCCCCC(=O)Oc1ccc(S(C)(C)OS(=O)(=O)OC)cc1. The molecule has 0 bridgehead atoms. The molecule has 0 aliphatic carbocycles. The van der Waals surface area contributed by atoms with Gasteiger partial charge >= 0.3 is 16.4 Å². The monoisotopic (exact) mass is 476 g/mol. The fraction of sp³-hybridized carbons (Fsp3) is 0.696. The van der Waals surface area contributed by atoms with Gasteiger partial charge in [-0.05, 0) is 43.2 Å². The molecule has 8 heteroatoms. The topological polar surface area (TPSA) is 78.9 Å². The van der Waals surface area contributed by atoms with Gasteiger partial charge in [0.05, 0.1) is 7.11 Å². The van der Waals surface area contributed by atoms with E-state index in [1.807, 2.05) is 0 Å². The van der Waals surface area contributed by atoms with Gasteiger partial charge in [0.15, 0.2) is 0 Å². The number of esters is 1. The highest BCUT2D eigenvalue weighted by Gasteiger charge is 2.24. The molecule has 0 aliphatic rings. The van der Waals surface area contributed by atoms with E-state index in [0.717, 1.165) is 20.0 Å². The van der Waals surface area contributed by atoms with Crippen molar-refractivity contribution in [3.63, 3.8) is 0 Å². The van der Waals surface area contributed by atoms with E-state index in [0.29, 0.717) is 17.1 Å². The van der Waals surface area contributed by atoms with E-state index in [4.69, 9.17) is 8.37 Å². The van der Waals surface area contributed by atoms with Crippen LogP contribution in [0.5, 0.6) is 5.75 Å². The Kier molecular flexibility index (Phi) is 13.4. The lowest BCUT2D eigenvalue weighted by molar-refractivity contribution is -0.134. The average molecular weight is 477 g/mol. The molecule has 1 aromatic carbocycles. The summed E-state index contributed by atoms with van der Waals surface area (Å²) >= 11 is 0. The molecule has 0 aliphatic heterocycles. The Labute approximate surface area is 190 Å². The van der Waals surface area contributed by atoms with Crippen LogP contribution in [0.15, 0.2) is 29.2 Å². The molecular weight excluding hydrogens is 436 g/mol. The van der Waals surface area contributed by atoms with Crippen molar-refractivity contribution >= 4 is 26.7 Å². The van der Waals surface area contributed by atoms with Crippen molar-refractivity contribution in [2.75, 3.05) is 19.6 Å². The Morgan fingerprint density at radius 2 is 1.29 bits per heavy atom. The molecule has 0 saturated carbocycles. The van der Waals surface area contributed by atoms with Crippen LogP contribution in [0.4, 0.5) is 0 Å². The highest BCUT2D eigenvalue weighted by Crippen LogP contribution is 2.51. The van der Waals surface area contributed by atoms with E-state index in [-0.39, 0.29) is 5.97 Å². The summed E-state index contributed by atoms with van der Waals surface area (Å²) in [6.45, 7) is 2.24. The zero-order chi connectivity index (χ0) is 23.2. The fourth-order valence-corrected chi connectivity index (χ4v) is 6.22. The van der Waals surface area contributed by atoms with Gasteiger partial charge in [-0.1, -0.05) is 81.4 Å². The number of ether oxygens (including phenoxy) is 1. The number of carbonyl (C=O) groups excluding carboxylic acids is 1. The molecule has 0 spiro atoms.